The fraction of sp³-hybridized carbons (Fsp3) is 0.273. The molecule has 0 aliphatic carbocycles. The Hall–Kier alpha value is -1.32. The lowest BCUT2D eigenvalue weighted by Crippen LogP contribution is -2.19. The lowest BCUT2D eigenvalue weighted by atomic mass is 10.2. The minimum Gasteiger partial charge on any atom is -0.459 e. The maximum absolute atomic E-state index is 9.08. The van der Waals surface area contributed by atoms with Crippen LogP contribution in [0.5, 0.6) is 0 Å². The third-order valence-corrected chi connectivity index (χ3v) is 2.32. The van der Waals surface area contributed by atoms with Crippen LogP contribution in [0.15, 0.2) is 34.7 Å². The molecule has 0 saturated carbocycles. The first-order valence-electron chi connectivity index (χ1n) is 4.61. The van der Waals surface area contributed by atoms with Gasteiger partial charge in [-0.05, 0) is 19.2 Å². The maximum atomic E-state index is 9.08. The zero-order valence-corrected chi connectivity index (χ0v) is 8.03. The molecule has 0 aliphatic rings. The number of likely N-dealkylation sites (N-methyl/N-ethyl adjacent to an activating group) is 1. The van der Waals surface area contributed by atoms with Gasteiger partial charge in [0.05, 0.1) is 12.6 Å². The summed E-state index contributed by atoms with van der Waals surface area (Å²) in [5.74, 6) is 0.774. The molecular weight excluding hydrogens is 178 g/mol. The second-order valence-corrected chi connectivity index (χ2v) is 3.21. The fourth-order valence-corrected chi connectivity index (χ4v) is 1.50. The Kier molecular flexibility index (Phi) is 2.52. The Morgan fingerprint density at radius 1 is 1.43 bits per heavy atom. The Morgan fingerprint density at radius 3 is 2.86 bits per heavy atom. The van der Waals surface area contributed by atoms with E-state index in [1.165, 1.54) is 0 Å². The highest BCUT2D eigenvalue weighted by molar-refractivity contribution is 5.77. The van der Waals surface area contributed by atoms with Crippen LogP contribution in [0.3, 0.4) is 0 Å². The highest BCUT2D eigenvalue weighted by Crippen LogP contribution is 2.23. The van der Waals surface area contributed by atoms with Crippen molar-refractivity contribution in [3.8, 4) is 0 Å². The Labute approximate surface area is 82.3 Å². The number of aliphatic hydroxyl groups excluding tert-OH is 1. The summed E-state index contributed by atoms with van der Waals surface area (Å²) in [5.41, 5.74) is 0.858. The average Bonchev–Trinajstić information content (AvgIpc) is 2.63. The van der Waals surface area contributed by atoms with Gasteiger partial charge in [0, 0.05) is 5.39 Å². The molecule has 2 rings (SSSR count). The largest absolute Gasteiger partial charge is 0.459 e. The van der Waals surface area contributed by atoms with Gasteiger partial charge in [-0.3, -0.25) is 0 Å². The number of rotatable bonds is 3. The molecule has 0 radical (unpaired) electrons. The predicted octanol–water partition coefficient (Wildman–Crippen LogP) is 1.69. The molecule has 0 bridgehead atoms. The second kappa shape index (κ2) is 3.82. The molecule has 0 spiro atoms. The van der Waals surface area contributed by atoms with E-state index < -0.39 is 0 Å². The van der Waals surface area contributed by atoms with Crippen LogP contribution in [-0.2, 0) is 0 Å². The van der Waals surface area contributed by atoms with Crippen molar-refractivity contribution in [3.05, 3.63) is 36.1 Å². The smallest absolute Gasteiger partial charge is 0.134 e. The first-order valence-corrected chi connectivity index (χ1v) is 4.61. The molecule has 1 atom stereocenters. The number of aliphatic hydroxyl groups is 1. The Morgan fingerprint density at radius 2 is 2.21 bits per heavy atom. The molecule has 1 aromatic heterocycles. The van der Waals surface area contributed by atoms with Gasteiger partial charge in [-0.1, -0.05) is 18.2 Å². The van der Waals surface area contributed by atoms with Crippen molar-refractivity contribution >= 4 is 11.0 Å². The van der Waals surface area contributed by atoms with Crippen molar-refractivity contribution in [1.82, 2.24) is 5.32 Å². The molecule has 14 heavy (non-hydrogen) atoms. The van der Waals surface area contributed by atoms with Crippen LogP contribution in [0.25, 0.3) is 11.0 Å². The first-order chi connectivity index (χ1) is 6.85. The monoisotopic (exact) mass is 191 g/mol. The molecule has 1 heterocycles. The summed E-state index contributed by atoms with van der Waals surface area (Å²) in [6.45, 7) is 0.0380. The third kappa shape index (κ3) is 1.52. The fourth-order valence-electron chi connectivity index (χ4n) is 1.50. The molecule has 0 unspecified atom stereocenters. The molecule has 0 fully saturated rings. The highest BCUT2D eigenvalue weighted by atomic mass is 16.3. The molecular formula is C11H13NO2. The summed E-state index contributed by atoms with van der Waals surface area (Å²) < 4.78 is 5.59. The number of furan rings is 1. The normalized spacial score (nSPS) is 13.3. The minimum absolute atomic E-state index is 0.0380. The van der Waals surface area contributed by atoms with Crippen LogP contribution in [0, 0.1) is 0 Å². The summed E-state index contributed by atoms with van der Waals surface area (Å²) in [4.78, 5) is 0. The van der Waals surface area contributed by atoms with Crippen LogP contribution in [0.2, 0.25) is 0 Å². The van der Waals surface area contributed by atoms with E-state index >= 15 is 0 Å². The lowest BCUT2D eigenvalue weighted by molar-refractivity contribution is 0.235. The Bertz CT molecular complexity index is 385. The molecule has 0 amide bonds. The van der Waals surface area contributed by atoms with E-state index in [0.717, 1.165) is 16.7 Å². The van der Waals surface area contributed by atoms with Crippen molar-refractivity contribution in [2.24, 2.45) is 0 Å². The number of benzene rings is 1. The standard InChI is InChI=1S/C11H13NO2/c1-12-9(7-13)11-6-8-4-2-3-5-10(8)14-11/h2-6,9,12-13H,7H2,1H3/t9-/m0/s1. The molecule has 3 nitrogen and oxygen atoms in total. The van der Waals surface area contributed by atoms with E-state index in [2.05, 4.69) is 5.32 Å². The van der Waals surface area contributed by atoms with Gasteiger partial charge >= 0.3 is 0 Å². The van der Waals surface area contributed by atoms with Crippen LogP contribution in [0.1, 0.15) is 11.8 Å². The number of fused-ring (bicyclic) bond motifs is 1. The van der Waals surface area contributed by atoms with Crippen molar-refractivity contribution in [2.45, 2.75) is 6.04 Å². The van der Waals surface area contributed by atoms with E-state index in [0.29, 0.717) is 0 Å². The van der Waals surface area contributed by atoms with Crippen LogP contribution >= 0.6 is 0 Å². The summed E-state index contributed by atoms with van der Waals surface area (Å²) in [6.07, 6.45) is 0. The molecule has 0 saturated heterocycles. The molecule has 3 heteroatoms. The van der Waals surface area contributed by atoms with E-state index in [9.17, 15) is 0 Å². The quantitative estimate of drug-likeness (QED) is 0.776. The van der Waals surface area contributed by atoms with Crippen LogP contribution < -0.4 is 5.32 Å². The van der Waals surface area contributed by atoms with Gasteiger partial charge in [0.15, 0.2) is 0 Å². The van der Waals surface area contributed by atoms with E-state index in [4.69, 9.17) is 9.52 Å². The third-order valence-electron chi connectivity index (χ3n) is 2.32. The summed E-state index contributed by atoms with van der Waals surface area (Å²) in [7, 11) is 1.80. The van der Waals surface area contributed by atoms with Gasteiger partial charge in [-0.15, -0.1) is 0 Å². The van der Waals surface area contributed by atoms with Crippen molar-refractivity contribution in [1.29, 1.82) is 0 Å². The average molecular weight is 191 g/mol. The predicted molar refractivity (Wildman–Crippen MR) is 55.1 cm³/mol. The van der Waals surface area contributed by atoms with Gasteiger partial charge in [0.1, 0.15) is 11.3 Å². The van der Waals surface area contributed by atoms with E-state index in [-0.39, 0.29) is 12.6 Å². The number of para-hydroxylation sites is 1. The molecule has 1 aromatic carbocycles. The van der Waals surface area contributed by atoms with Crippen molar-refractivity contribution in [3.63, 3.8) is 0 Å². The van der Waals surface area contributed by atoms with Gasteiger partial charge < -0.3 is 14.8 Å². The van der Waals surface area contributed by atoms with E-state index in [1.807, 2.05) is 30.3 Å². The van der Waals surface area contributed by atoms with Gasteiger partial charge in [-0.25, -0.2) is 0 Å². The van der Waals surface area contributed by atoms with Crippen LogP contribution in [-0.4, -0.2) is 18.8 Å². The maximum Gasteiger partial charge on any atom is 0.134 e. The minimum atomic E-state index is -0.123. The van der Waals surface area contributed by atoms with Gasteiger partial charge in [0.2, 0.25) is 0 Å². The van der Waals surface area contributed by atoms with Crippen LogP contribution in [0.4, 0.5) is 0 Å². The topological polar surface area (TPSA) is 45.4 Å². The van der Waals surface area contributed by atoms with E-state index in [1.54, 1.807) is 7.05 Å². The lowest BCUT2D eigenvalue weighted by Gasteiger charge is -2.08. The van der Waals surface area contributed by atoms with Crippen molar-refractivity contribution in [2.75, 3.05) is 13.7 Å². The van der Waals surface area contributed by atoms with Crippen molar-refractivity contribution < 1.29 is 9.52 Å². The zero-order valence-electron chi connectivity index (χ0n) is 8.03. The molecule has 74 valence electrons. The number of hydrogen-bond donors (Lipinski definition) is 2. The SMILES string of the molecule is CN[C@@H](CO)c1cc2ccccc2o1. The zero-order chi connectivity index (χ0) is 9.97. The summed E-state index contributed by atoms with van der Waals surface area (Å²) in [6, 6.07) is 9.64. The molecule has 0 aliphatic heterocycles. The van der Waals surface area contributed by atoms with Gasteiger partial charge in [-0.2, -0.15) is 0 Å². The number of nitrogens with one attached hydrogen (secondary N) is 1. The molecule has 2 aromatic rings. The second-order valence-electron chi connectivity index (χ2n) is 3.21. The summed E-state index contributed by atoms with van der Waals surface area (Å²) in [5, 5.41) is 13.1. The summed E-state index contributed by atoms with van der Waals surface area (Å²) >= 11 is 0. The first kappa shape index (κ1) is 9.24. The highest BCUT2D eigenvalue weighted by Gasteiger charge is 2.12. The molecule has 2 N–H and O–H groups in total. The van der Waals surface area contributed by atoms with Gasteiger partial charge in [0.25, 0.3) is 0 Å². The number of hydrogen-bond acceptors (Lipinski definition) is 3. The Balaban J connectivity index is 2.43.